The molecule has 0 saturated heterocycles. The van der Waals surface area contributed by atoms with Crippen molar-refractivity contribution in [3.8, 4) is 0 Å². The lowest BCUT2D eigenvalue weighted by molar-refractivity contribution is -0.137. The molecule has 0 radical (unpaired) electrons. The van der Waals surface area contributed by atoms with Crippen LogP contribution in [0.5, 0.6) is 0 Å². The normalized spacial score (nSPS) is 15.6. The Morgan fingerprint density at radius 3 is 2.50 bits per heavy atom. The fourth-order valence-electron chi connectivity index (χ4n) is 1.78. The number of hydrogen-bond donors (Lipinski definition) is 0. The SMILES string of the molecule is CC1=CC(=O)N(Cc2cccc(C)c2)C1=O. The largest absolute Gasteiger partial charge is 0.271 e. The molecule has 0 fully saturated rings. The monoisotopic (exact) mass is 215 g/mol. The Morgan fingerprint density at radius 1 is 1.19 bits per heavy atom. The van der Waals surface area contributed by atoms with E-state index in [1.54, 1.807) is 6.92 Å². The summed E-state index contributed by atoms with van der Waals surface area (Å²) in [5.74, 6) is -0.407. The van der Waals surface area contributed by atoms with E-state index in [9.17, 15) is 9.59 Å². The van der Waals surface area contributed by atoms with Gasteiger partial charge in [0.15, 0.2) is 0 Å². The number of amides is 2. The van der Waals surface area contributed by atoms with Gasteiger partial charge < -0.3 is 0 Å². The van der Waals surface area contributed by atoms with Crippen molar-refractivity contribution in [2.45, 2.75) is 20.4 Å². The minimum Gasteiger partial charge on any atom is -0.271 e. The van der Waals surface area contributed by atoms with Gasteiger partial charge in [-0.25, -0.2) is 0 Å². The number of rotatable bonds is 2. The zero-order valence-electron chi connectivity index (χ0n) is 9.36. The fourth-order valence-corrected chi connectivity index (χ4v) is 1.78. The maximum atomic E-state index is 11.6. The summed E-state index contributed by atoms with van der Waals surface area (Å²) in [7, 11) is 0. The Kier molecular flexibility index (Phi) is 2.60. The molecule has 0 bridgehead atoms. The Bertz CT molecular complexity index is 488. The highest BCUT2D eigenvalue weighted by Crippen LogP contribution is 2.16. The van der Waals surface area contributed by atoms with Crippen molar-refractivity contribution in [1.29, 1.82) is 0 Å². The molecule has 0 spiro atoms. The molecule has 1 aliphatic rings. The van der Waals surface area contributed by atoms with Crippen LogP contribution in [0.4, 0.5) is 0 Å². The van der Waals surface area contributed by atoms with Crippen molar-refractivity contribution in [2.75, 3.05) is 0 Å². The third-order valence-electron chi connectivity index (χ3n) is 2.61. The molecule has 1 aromatic rings. The second-order valence-electron chi connectivity index (χ2n) is 4.05. The molecule has 1 heterocycles. The zero-order chi connectivity index (χ0) is 11.7. The molecule has 0 aliphatic carbocycles. The van der Waals surface area contributed by atoms with E-state index in [1.807, 2.05) is 31.2 Å². The number of benzene rings is 1. The third kappa shape index (κ3) is 1.89. The van der Waals surface area contributed by atoms with E-state index in [0.717, 1.165) is 11.1 Å². The van der Waals surface area contributed by atoms with Gasteiger partial charge in [-0.3, -0.25) is 14.5 Å². The highest BCUT2D eigenvalue weighted by atomic mass is 16.2. The highest BCUT2D eigenvalue weighted by molar-refractivity contribution is 6.15. The van der Waals surface area contributed by atoms with Crippen LogP contribution in [0.3, 0.4) is 0 Å². The fraction of sp³-hybridized carbons (Fsp3) is 0.231. The van der Waals surface area contributed by atoms with Gasteiger partial charge in [-0.1, -0.05) is 29.8 Å². The van der Waals surface area contributed by atoms with Crippen LogP contribution in [0.15, 0.2) is 35.9 Å². The van der Waals surface area contributed by atoms with Crippen molar-refractivity contribution in [3.63, 3.8) is 0 Å². The zero-order valence-corrected chi connectivity index (χ0v) is 9.36. The molecule has 3 nitrogen and oxygen atoms in total. The van der Waals surface area contributed by atoms with Gasteiger partial charge in [0, 0.05) is 11.6 Å². The minimum absolute atomic E-state index is 0.188. The molecule has 2 rings (SSSR count). The number of carbonyl (C=O) groups is 2. The van der Waals surface area contributed by atoms with E-state index in [-0.39, 0.29) is 11.8 Å². The molecule has 16 heavy (non-hydrogen) atoms. The van der Waals surface area contributed by atoms with Crippen LogP contribution in [0.1, 0.15) is 18.1 Å². The quantitative estimate of drug-likeness (QED) is 0.705. The lowest BCUT2D eigenvalue weighted by Gasteiger charge is -2.14. The summed E-state index contributed by atoms with van der Waals surface area (Å²) >= 11 is 0. The Morgan fingerprint density at radius 2 is 1.94 bits per heavy atom. The highest BCUT2D eigenvalue weighted by Gasteiger charge is 2.27. The maximum absolute atomic E-state index is 11.6. The summed E-state index contributed by atoms with van der Waals surface area (Å²) < 4.78 is 0. The first kappa shape index (κ1) is 10.6. The Labute approximate surface area is 94.4 Å². The van der Waals surface area contributed by atoms with Gasteiger partial charge in [-0.15, -0.1) is 0 Å². The second-order valence-corrected chi connectivity index (χ2v) is 4.05. The molecule has 0 saturated carbocycles. The smallest absolute Gasteiger partial charge is 0.256 e. The third-order valence-corrected chi connectivity index (χ3v) is 2.61. The van der Waals surface area contributed by atoms with E-state index in [2.05, 4.69) is 0 Å². The van der Waals surface area contributed by atoms with E-state index in [4.69, 9.17) is 0 Å². The van der Waals surface area contributed by atoms with Gasteiger partial charge in [0.05, 0.1) is 6.54 Å². The molecular formula is C13H13NO2. The molecule has 82 valence electrons. The summed E-state index contributed by atoms with van der Waals surface area (Å²) in [6.07, 6.45) is 1.39. The van der Waals surface area contributed by atoms with Crippen LogP contribution < -0.4 is 0 Å². The molecule has 3 heteroatoms. The summed E-state index contributed by atoms with van der Waals surface area (Å²) in [4.78, 5) is 24.4. The first-order valence-electron chi connectivity index (χ1n) is 5.17. The van der Waals surface area contributed by atoms with Crippen LogP contribution in [-0.4, -0.2) is 16.7 Å². The van der Waals surface area contributed by atoms with E-state index >= 15 is 0 Å². The number of imide groups is 1. The minimum atomic E-state index is -0.219. The van der Waals surface area contributed by atoms with Crippen LogP contribution in [0.2, 0.25) is 0 Å². The van der Waals surface area contributed by atoms with Gasteiger partial charge in [0.25, 0.3) is 11.8 Å². The molecule has 1 aliphatic heterocycles. The summed E-state index contributed by atoms with van der Waals surface area (Å²) in [5.41, 5.74) is 2.61. The second kappa shape index (κ2) is 3.93. The summed E-state index contributed by atoms with van der Waals surface area (Å²) in [6.45, 7) is 4.00. The molecule has 2 amide bonds. The lowest BCUT2D eigenvalue weighted by Crippen LogP contribution is -2.30. The van der Waals surface area contributed by atoms with Crippen LogP contribution in [0.25, 0.3) is 0 Å². The number of hydrogen-bond acceptors (Lipinski definition) is 2. The number of aryl methyl sites for hydroxylation is 1. The lowest BCUT2D eigenvalue weighted by atomic mass is 10.1. The van der Waals surface area contributed by atoms with Gasteiger partial charge in [-0.05, 0) is 19.4 Å². The van der Waals surface area contributed by atoms with Gasteiger partial charge in [0.2, 0.25) is 0 Å². The van der Waals surface area contributed by atoms with Crippen LogP contribution >= 0.6 is 0 Å². The van der Waals surface area contributed by atoms with Crippen LogP contribution in [-0.2, 0) is 16.1 Å². The number of nitrogens with zero attached hydrogens (tertiary/aromatic N) is 1. The molecule has 0 atom stereocenters. The molecule has 1 aromatic carbocycles. The standard InChI is InChI=1S/C13H13NO2/c1-9-4-3-5-11(6-9)8-14-12(15)7-10(2)13(14)16/h3-7H,8H2,1-2H3. The molecule has 0 aromatic heterocycles. The molecule has 0 unspecified atom stereocenters. The first-order valence-corrected chi connectivity index (χ1v) is 5.17. The molecular weight excluding hydrogens is 202 g/mol. The topological polar surface area (TPSA) is 37.4 Å². The van der Waals surface area contributed by atoms with Crippen molar-refractivity contribution in [3.05, 3.63) is 47.0 Å². The van der Waals surface area contributed by atoms with Crippen molar-refractivity contribution in [1.82, 2.24) is 4.90 Å². The Hall–Kier alpha value is -1.90. The van der Waals surface area contributed by atoms with E-state index < -0.39 is 0 Å². The average molecular weight is 215 g/mol. The van der Waals surface area contributed by atoms with Gasteiger partial charge >= 0.3 is 0 Å². The Balaban J connectivity index is 2.18. The van der Waals surface area contributed by atoms with Gasteiger partial charge in [0.1, 0.15) is 0 Å². The summed E-state index contributed by atoms with van der Waals surface area (Å²) in [5, 5.41) is 0. The van der Waals surface area contributed by atoms with Crippen LogP contribution in [0, 0.1) is 6.92 Å². The van der Waals surface area contributed by atoms with Crippen molar-refractivity contribution in [2.24, 2.45) is 0 Å². The first-order chi connectivity index (χ1) is 7.58. The average Bonchev–Trinajstić information content (AvgIpc) is 2.45. The van der Waals surface area contributed by atoms with Gasteiger partial charge in [-0.2, -0.15) is 0 Å². The maximum Gasteiger partial charge on any atom is 0.256 e. The number of carbonyl (C=O) groups excluding carboxylic acids is 2. The predicted molar refractivity (Wildman–Crippen MR) is 60.5 cm³/mol. The molecule has 0 N–H and O–H groups in total. The van der Waals surface area contributed by atoms with E-state index in [1.165, 1.54) is 11.0 Å². The summed E-state index contributed by atoms with van der Waals surface area (Å²) in [6, 6.07) is 7.81. The van der Waals surface area contributed by atoms with E-state index in [0.29, 0.717) is 12.1 Å². The predicted octanol–water partition coefficient (Wildman–Crippen LogP) is 1.81. The van der Waals surface area contributed by atoms with Crippen molar-refractivity contribution >= 4 is 11.8 Å². The van der Waals surface area contributed by atoms with Crippen molar-refractivity contribution < 1.29 is 9.59 Å².